The van der Waals surface area contributed by atoms with Gasteiger partial charge in [-0.3, -0.25) is 4.79 Å². The summed E-state index contributed by atoms with van der Waals surface area (Å²) in [5, 5.41) is 2.76. The van der Waals surface area contributed by atoms with Crippen molar-refractivity contribution in [3.05, 3.63) is 28.5 Å². The SMILES string of the molecule is CCOC(=O)c1nc(C(=O)N2CCCC2C)c(-c2cnc(NCC(C)(C)C)cc2C(F)(F)F)s1. The van der Waals surface area contributed by atoms with Crippen LogP contribution in [0.1, 0.15) is 73.3 Å². The molecule has 0 aliphatic carbocycles. The van der Waals surface area contributed by atoms with E-state index in [9.17, 15) is 22.8 Å². The molecule has 1 atom stereocenters. The zero-order chi connectivity index (χ0) is 25.3. The molecule has 0 bridgehead atoms. The second-order valence-electron chi connectivity index (χ2n) is 9.43. The van der Waals surface area contributed by atoms with E-state index in [1.807, 2.05) is 27.7 Å². The van der Waals surface area contributed by atoms with Crippen LogP contribution in [0.2, 0.25) is 0 Å². The number of hydrogen-bond donors (Lipinski definition) is 1. The van der Waals surface area contributed by atoms with Crippen LogP contribution >= 0.6 is 11.3 Å². The predicted molar refractivity (Wildman–Crippen MR) is 124 cm³/mol. The quantitative estimate of drug-likeness (QED) is 0.531. The normalized spacial score (nSPS) is 16.6. The summed E-state index contributed by atoms with van der Waals surface area (Å²) in [4.78, 5) is 35.4. The lowest BCUT2D eigenvalue weighted by Crippen LogP contribution is -2.34. The summed E-state index contributed by atoms with van der Waals surface area (Å²) < 4.78 is 47.3. The number of thiazole rings is 1. The maximum Gasteiger partial charge on any atom is 0.417 e. The van der Waals surface area contributed by atoms with E-state index in [-0.39, 0.29) is 45.0 Å². The van der Waals surface area contributed by atoms with Gasteiger partial charge in [0.2, 0.25) is 5.01 Å². The van der Waals surface area contributed by atoms with Crippen LogP contribution in [-0.4, -0.2) is 52.5 Å². The third-order valence-corrected chi connectivity index (χ3v) is 6.42. The van der Waals surface area contributed by atoms with Gasteiger partial charge in [0.25, 0.3) is 5.91 Å². The van der Waals surface area contributed by atoms with E-state index < -0.39 is 23.6 Å². The van der Waals surface area contributed by atoms with Gasteiger partial charge < -0.3 is 15.0 Å². The third-order valence-electron chi connectivity index (χ3n) is 5.35. The van der Waals surface area contributed by atoms with Crippen LogP contribution in [0.4, 0.5) is 19.0 Å². The van der Waals surface area contributed by atoms with Gasteiger partial charge in [0, 0.05) is 30.9 Å². The average Bonchev–Trinajstić information content (AvgIpc) is 3.37. The monoisotopic (exact) mass is 498 g/mol. The Morgan fingerprint density at radius 2 is 2.00 bits per heavy atom. The number of halogens is 3. The number of amides is 1. The fourth-order valence-electron chi connectivity index (χ4n) is 3.62. The number of hydrogen-bond acceptors (Lipinski definition) is 7. The third kappa shape index (κ3) is 5.86. The van der Waals surface area contributed by atoms with Gasteiger partial charge in [-0.1, -0.05) is 20.8 Å². The number of anilines is 1. The highest BCUT2D eigenvalue weighted by Gasteiger charge is 2.38. The molecule has 1 aliphatic rings. The smallest absolute Gasteiger partial charge is 0.417 e. The minimum absolute atomic E-state index is 0.0469. The van der Waals surface area contributed by atoms with E-state index in [0.717, 1.165) is 25.1 Å². The molecule has 3 rings (SSSR count). The Balaban J connectivity index is 2.12. The van der Waals surface area contributed by atoms with Crippen LogP contribution in [0.25, 0.3) is 10.4 Å². The molecule has 1 saturated heterocycles. The van der Waals surface area contributed by atoms with Crippen LogP contribution in [0.15, 0.2) is 12.3 Å². The number of aromatic nitrogens is 2. The average molecular weight is 499 g/mol. The predicted octanol–water partition coefficient (Wildman–Crippen LogP) is 5.48. The highest BCUT2D eigenvalue weighted by Crippen LogP contribution is 2.42. The maximum absolute atomic E-state index is 14.1. The van der Waals surface area contributed by atoms with Crippen LogP contribution in [-0.2, 0) is 10.9 Å². The first-order valence-electron chi connectivity index (χ1n) is 11.1. The number of pyridine rings is 1. The van der Waals surface area contributed by atoms with Gasteiger partial charge in [-0.05, 0) is 38.2 Å². The molecule has 0 aromatic carbocycles. The second kappa shape index (κ2) is 9.89. The van der Waals surface area contributed by atoms with Gasteiger partial charge >= 0.3 is 12.1 Å². The number of ether oxygens (including phenoxy) is 1. The summed E-state index contributed by atoms with van der Waals surface area (Å²) in [5.74, 6) is -1.22. The molecule has 2 aromatic rings. The molecule has 0 saturated carbocycles. The van der Waals surface area contributed by atoms with Gasteiger partial charge in [0.15, 0.2) is 0 Å². The zero-order valence-corrected chi connectivity index (χ0v) is 20.7. The molecule has 1 N–H and O–H groups in total. The molecule has 186 valence electrons. The Kier molecular flexibility index (Phi) is 7.54. The van der Waals surface area contributed by atoms with Crippen molar-refractivity contribution in [2.45, 2.75) is 59.7 Å². The molecule has 34 heavy (non-hydrogen) atoms. The van der Waals surface area contributed by atoms with Crippen molar-refractivity contribution in [1.29, 1.82) is 0 Å². The fraction of sp³-hybridized carbons (Fsp3) is 0.565. The number of rotatable bonds is 6. The maximum atomic E-state index is 14.1. The number of nitrogens with one attached hydrogen (secondary N) is 1. The van der Waals surface area contributed by atoms with Crippen molar-refractivity contribution in [1.82, 2.24) is 14.9 Å². The highest BCUT2D eigenvalue weighted by atomic mass is 32.1. The van der Waals surface area contributed by atoms with Crippen molar-refractivity contribution in [3.63, 3.8) is 0 Å². The molecule has 1 unspecified atom stereocenters. The van der Waals surface area contributed by atoms with Gasteiger partial charge in [-0.15, -0.1) is 11.3 Å². The Labute approximate surface area is 200 Å². The minimum atomic E-state index is -4.72. The molecular formula is C23H29F3N4O3S. The van der Waals surface area contributed by atoms with Crippen LogP contribution in [0.5, 0.6) is 0 Å². The second-order valence-corrected chi connectivity index (χ2v) is 10.4. The minimum Gasteiger partial charge on any atom is -0.461 e. The van der Waals surface area contributed by atoms with Crippen molar-refractivity contribution in [3.8, 4) is 10.4 Å². The van der Waals surface area contributed by atoms with Gasteiger partial charge in [0.05, 0.1) is 17.0 Å². The topological polar surface area (TPSA) is 84.4 Å². The van der Waals surface area contributed by atoms with Crippen molar-refractivity contribution in [2.24, 2.45) is 5.41 Å². The van der Waals surface area contributed by atoms with Crippen LogP contribution in [0, 0.1) is 5.41 Å². The first-order chi connectivity index (χ1) is 15.8. The first-order valence-corrected chi connectivity index (χ1v) is 11.9. The van der Waals surface area contributed by atoms with Crippen LogP contribution in [0.3, 0.4) is 0 Å². The first kappa shape index (κ1) is 25.9. The zero-order valence-electron chi connectivity index (χ0n) is 19.9. The van der Waals surface area contributed by atoms with E-state index in [2.05, 4.69) is 15.3 Å². The molecule has 2 aromatic heterocycles. The number of likely N-dealkylation sites (tertiary alicyclic amines) is 1. The standard InChI is InChI=1S/C23H29F3N4O3S/c1-6-33-21(32)19-29-17(20(31)30-9-7-8-13(30)2)18(34-19)14-11-27-16(28-12-22(3,4)5)10-15(14)23(24,25)26/h10-11,13H,6-9,12H2,1-5H3,(H,27,28). The van der Waals surface area contributed by atoms with Gasteiger partial charge in [-0.2, -0.15) is 13.2 Å². The molecule has 7 nitrogen and oxygen atoms in total. The number of esters is 1. The summed E-state index contributed by atoms with van der Waals surface area (Å²) in [6.45, 7) is 10.3. The summed E-state index contributed by atoms with van der Waals surface area (Å²) in [6.07, 6.45) is -2.05. The Morgan fingerprint density at radius 3 is 2.56 bits per heavy atom. The summed E-state index contributed by atoms with van der Waals surface area (Å²) >= 11 is 0.709. The van der Waals surface area contributed by atoms with E-state index in [0.29, 0.717) is 24.4 Å². The summed E-state index contributed by atoms with van der Waals surface area (Å²) in [5.41, 5.74) is -1.61. The molecule has 1 fully saturated rings. The number of alkyl halides is 3. The molecule has 11 heteroatoms. The number of carbonyl (C=O) groups is 2. The van der Waals surface area contributed by atoms with Crippen molar-refractivity contribution in [2.75, 3.05) is 25.0 Å². The van der Waals surface area contributed by atoms with E-state index in [1.54, 1.807) is 11.8 Å². The molecule has 1 amide bonds. The van der Waals surface area contributed by atoms with E-state index in [4.69, 9.17) is 4.74 Å². The van der Waals surface area contributed by atoms with Crippen molar-refractivity contribution >= 4 is 29.0 Å². The molecule has 0 spiro atoms. The Bertz CT molecular complexity index is 1060. The largest absolute Gasteiger partial charge is 0.461 e. The fourth-order valence-corrected chi connectivity index (χ4v) is 4.60. The molecule has 0 radical (unpaired) electrons. The van der Waals surface area contributed by atoms with Gasteiger partial charge in [0.1, 0.15) is 11.5 Å². The highest BCUT2D eigenvalue weighted by molar-refractivity contribution is 7.17. The number of nitrogens with zero attached hydrogens (tertiary/aromatic N) is 3. The molecular weight excluding hydrogens is 469 g/mol. The van der Waals surface area contributed by atoms with E-state index >= 15 is 0 Å². The Morgan fingerprint density at radius 1 is 1.29 bits per heavy atom. The van der Waals surface area contributed by atoms with Gasteiger partial charge in [-0.25, -0.2) is 14.8 Å². The summed E-state index contributed by atoms with van der Waals surface area (Å²) in [6, 6.07) is 0.856. The number of carbonyl (C=O) groups excluding carboxylic acids is 2. The van der Waals surface area contributed by atoms with E-state index in [1.165, 1.54) is 0 Å². The molecule has 1 aliphatic heterocycles. The van der Waals surface area contributed by atoms with Crippen molar-refractivity contribution < 1.29 is 27.5 Å². The lowest BCUT2D eigenvalue weighted by Gasteiger charge is -2.22. The molecule has 3 heterocycles. The lowest BCUT2D eigenvalue weighted by atomic mass is 9.97. The van der Waals surface area contributed by atoms with Crippen LogP contribution < -0.4 is 5.32 Å². The Hall–Kier alpha value is -2.69. The summed E-state index contributed by atoms with van der Waals surface area (Å²) in [7, 11) is 0. The lowest BCUT2D eigenvalue weighted by molar-refractivity contribution is -0.137.